The zero-order valence-corrected chi connectivity index (χ0v) is 17.7. The molecular weight excluding hydrogens is 352 g/mol. The van der Waals surface area contributed by atoms with Gasteiger partial charge in [0.2, 0.25) is 0 Å². The number of likely N-dealkylation sites (tertiary alicyclic amines) is 1. The van der Waals surface area contributed by atoms with E-state index in [1.54, 1.807) is 0 Å². The SMILES string of the molecule is CC(C)(C)OC(=O)NC1CCC(N2CC[C@H](COCc3ccccc3)C2)CC1. The number of nitrogens with one attached hydrogen (secondary N) is 1. The monoisotopic (exact) mass is 388 g/mol. The molecular formula is C23H36N2O3. The van der Waals surface area contributed by atoms with E-state index in [2.05, 4.69) is 34.5 Å². The van der Waals surface area contributed by atoms with Crippen LogP contribution in [0.15, 0.2) is 30.3 Å². The Morgan fingerprint density at radius 2 is 1.82 bits per heavy atom. The largest absolute Gasteiger partial charge is 0.444 e. The molecule has 1 atom stereocenters. The van der Waals surface area contributed by atoms with E-state index in [1.807, 2.05) is 26.8 Å². The predicted molar refractivity (Wildman–Crippen MR) is 111 cm³/mol. The molecule has 1 N–H and O–H groups in total. The number of alkyl carbamates (subject to hydrolysis) is 1. The summed E-state index contributed by atoms with van der Waals surface area (Å²) in [6.07, 6.45) is 5.32. The van der Waals surface area contributed by atoms with E-state index >= 15 is 0 Å². The number of amides is 1. The van der Waals surface area contributed by atoms with Crippen molar-refractivity contribution in [1.82, 2.24) is 10.2 Å². The van der Waals surface area contributed by atoms with Gasteiger partial charge in [-0.05, 0) is 70.9 Å². The molecule has 1 heterocycles. The number of carbonyl (C=O) groups excluding carboxylic acids is 1. The second-order valence-corrected chi connectivity index (χ2v) is 9.30. The number of rotatable bonds is 6. The Balaban J connectivity index is 1.32. The summed E-state index contributed by atoms with van der Waals surface area (Å²) in [4.78, 5) is 14.6. The minimum atomic E-state index is -0.436. The summed E-state index contributed by atoms with van der Waals surface area (Å²) in [5.41, 5.74) is 0.808. The average molecular weight is 389 g/mol. The van der Waals surface area contributed by atoms with Gasteiger partial charge in [0.25, 0.3) is 0 Å². The van der Waals surface area contributed by atoms with Crippen molar-refractivity contribution in [3.63, 3.8) is 0 Å². The maximum atomic E-state index is 12.0. The Morgan fingerprint density at radius 3 is 2.50 bits per heavy atom. The number of carbonyl (C=O) groups is 1. The molecule has 156 valence electrons. The lowest BCUT2D eigenvalue weighted by Gasteiger charge is -2.35. The van der Waals surface area contributed by atoms with Crippen molar-refractivity contribution in [3.05, 3.63) is 35.9 Å². The van der Waals surface area contributed by atoms with Gasteiger partial charge < -0.3 is 19.7 Å². The molecule has 1 aliphatic carbocycles. The van der Waals surface area contributed by atoms with Gasteiger partial charge in [-0.1, -0.05) is 30.3 Å². The van der Waals surface area contributed by atoms with Gasteiger partial charge >= 0.3 is 6.09 Å². The van der Waals surface area contributed by atoms with Crippen LogP contribution in [0.25, 0.3) is 0 Å². The third kappa shape index (κ3) is 6.78. The predicted octanol–water partition coefficient (Wildman–Crippen LogP) is 4.36. The van der Waals surface area contributed by atoms with E-state index in [0.29, 0.717) is 18.6 Å². The molecule has 1 aromatic carbocycles. The van der Waals surface area contributed by atoms with Gasteiger partial charge in [0, 0.05) is 18.6 Å². The Morgan fingerprint density at radius 1 is 1.11 bits per heavy atom. The first-order chi connectivity index (χ1) is 13.4. The van der Waals surface area contributed by atoms with Crippen LogP contribution in [0.5, 0.6) is 0 Å². The van der Waals surface area contributed by atoms with Crippen molar-refractivity contribution in [2.75, 3.05) is 19.7 Å². The molecule has 0 unspecified atom stereocenters. The zero-order chi connectivity index (χ0) is 20.0. The summed E-state index contributed by atoms with van der Waals surface area (Å²) in [6.45, 7) is 9.57. The highest BCUT2D eigenvalue weighted by Gasteiger charge is 2.32. The van der Waals surface area contributed by atoms with Gasteiger partial charge in [-0.25, -0.2) is 4.79 Å². The van der Waals surface area contributed by atoms with E-state index < -0.39 is 5.60 Å². The molecule has 1 amide bonds. The second kappa shape index (κ2) is 9.75. The molecule has 5 nitrogen and oxygen atoms in total. The number of ether oxygens (including phenoxy) is 2. The highest BCUT2D eigenvalue weighted by molar-refractivity contribution is 5.68. The molecule has 28 heavy (non-hydrogen) atoms. The fraction of sp³-hybridized carbons (Fsp3) is 0.696. The maximum absolute atomic E-state index is 12.0. The fourth-order valence-corrected chi connectivity index (χ4v) is 4.31. The van der Waals surface area contributed by atoms with Gasteiger partial charge in [0.1, 0.15) is 5.60 Å². The number of hydrogen-bond donors (Lipinski definition) is 1. The van der Waals surface area contributed by atoms with Crippen molar-refractivity contribution >= 4 is 6.09 Å². The first kappa shape index (κ1) is 21.1. The lowest BCUT2D eigenvalue weighted by molar-refractivity contribution is 0.0477. The van der Waals surface area contributed by atoms with E-state index in [4.69, 9.17) is 9.47 Å². The minimum absolute atomic E-state index is 0.249. The Bertz CT molecular complexity index is 606. The highest BCUT2D eigenvalue weighted by atomic mass is 16.6. The summed E-state index contributed by atoms with van der Waals surface area (Å²) >= 11 is 0. The zero-order valence-electron chi connectivity index (χ0n) is 17.7. The van der Waals surface area contributed by atoms with Crippen molar-refractivity contribution < 1.29 is 14.3 Å². The number of nitrogens with zero attached hydrogens (tertiary/aromatic N) is 1. The van der Waals surface area contributed by atoms with E-state index in [9.17, 15) is 4.79 Å². The summed E-state index contributed by atoms with van der Waals surface area (Å²) < 4.78 is 11.3. The van der Waals surface area contributed by atoms with Crippen LogP contribution in [0.3, 0.4) is 0 Å². The molecule has 3 rings (SSSR count). The quantitative estimate of drug-likeness (QED) is 0.787. The van der Waals surface area contributed by atoms with Crippen LogP contribution < -0.4 is 5.32 Å². The average Bonchev–Trinajstić information content (AvgIpc) is 3.10. The van der Waals surface area contributed by atoms with Gasteiger partial charge in [-0.15, -0.1) is 0 Å². The Kier molecular flexibility index (Phi) is 7.36. The number of benzene rings is 1. The number of hydrogen-bond acceptors (Lipinski definition) is 4. The Labute approximate surface area is 169 Å². The second-order valence-electron chi connectivity index (χ2n) is 9.30. The van der Waals surface area contributed by atoms with Gasteiger partial charge in [-0.2, -0.15) is 0 Å². The first-order valence-electron chi connectivity index (χ1n) is 10.7. The molecule has 1 aromatic rings. The summed E-state index contributed by atoms with van der Waals surface area (Å²) in [6, 6.07) is 11.3. The van der Waals surface area contributed by atoms with E-state index in [1.165, 1.54) is 18.5 Å². The molecule has 1 saturated heterocycles. The van der Waals surface area contributed by atoms with Crippen molar-refractivity contribution in [2.45, 2.75) is 77.2 Å². The molecule has 0 spiro atoms. The van der Waals surface area contributed by atoms with E-state index in [-0.39, 0.29) is 12.1 Å². The standard InChI is InChI=1S/C23H36N2O3/c1-23(2,3)28-22(26)24-20-9-11-21(12-10-20)25-14-13-19(15-25)17-27-16-18-7-5-4-6-8-18/h4-8,19-21H,9-17H2,1-3H3,(H,24,26)/t19-,20?,21?/m0/s1. The fourth-order valence-electron chi connectivity index (χ4n) is 4.31. The lowest BCUT2D eigenvalue weighted by Crippen LogP contribution is -2.44. The summed E-state index contributed by atoms with van der Waals surface area (Å²) in [5, 5.41) is 3.04. The molecule has 0 bridgehead atoms. The van der Waals surface area contributed by atoms with Crippen LogP contribution in [0.4, 0.5) is 4.79 Å². The van der Waals surface area contributed by atoms with Gasteiger partial charge in [-0.3, -0.25) is 0 Å². The molecule has 0 radical (unpaired) electrons. The summed E-state index contributed by atoms with van der Waals surface area (Å²) in [5.74, 6) is 0.640. The molecule has 1 aliphatic heterocycles. The first-order valence-corrected chi connectivity index (χ1v) is 10.7. The normalized spacial score (nSPS) is 26.2. The van der Waals surface area contributed by atoms with Gasteiger partial charge in [0.15, 0.2) is 0 Å². The topological polar surface area (TPSA) is 50.8 Å². The van der Waals surface area contributed by atoms with Crippen LogP contribution in [-0.2, 0) is 16.1 Å². The molecule has 5 heteroatoms. The van der Waals surface area contributed by atoms with Crippen LogP contribution in [0, 0.1) is 5.92 Å². The molecule has 0 aromatic heterocycles. The van der Waals surface area contributed by atoms with Crippen molar-refractivity contribution in [1.29, 1.82) is 0 Å². The molecule has 2 aliphatic rings. The lowest BCUT2D eigenvalue weighted by atomic mass is 9.90. The third-order valence-electron chi connectivity index (χ3n) is 5.72. The van der Waals surface area contributed by atoms with Crippen molar-refractivity contribution in [3.8, 4) is 0 Å². The summed E-state index contributed by atoms with van der Waals surface area (Å²) in [7, 11) is 0. The molecule has 2 fully saturated rings. The van der Waals surface area contributed by atoms with Crippen LogP contribution in [0.1, 0.15) is 58.4 Å². The van der Waals surface area contributed by atoms with Crippen LogP contribution in [-0.4, -0.2) is 48.4 Å². The third-order valence-corrected chi connectivity index (χ3v) is 5.72. The van der Waals surface area contributed by atoms with Crippen LogP contribution >= 0.6 is 0 Å². The van der Waals surface area contributed by atoms with E-state index in [0.717, 1.165) is 38.8 Å². The smallest absolute Gasteiger partial charge is 0.407 e. The van der Waals surface area contributed by atoms with Gasteiger partial charge in [0.05, 0.1) is 13.2 Å². The minimum Gasteiger partial charge on any atom is -0.444 e. The van der Waals surface area contributed by atoms with Crippen LogP contribution in [0.2, 0.25) is 0 Å². The molecule has 1 saturated carbocycles. The Hall–Kier alpha value is -1.59. The highest BCUT2D eigenvalue weighted by Crippen LogP contribution is 2.28. The van der Waals surface area contributed by atoms with Crippen molar-refractivity contribution in [2.24, 2.45) is 5.92 Å². The maximum Gasteiger partial charge on any atom is 0.407 e.